The van der Waals surface area contributed by atoms with Gasteiger partial charge in [-0.15, -0.1) is 11.3 Å². The second-order valence-electron chi connectivity index (χ2n) is 5.13. The predicted molar refractivity (Wildman–Crippen MR) is 80.0 cm³/mol. The van der Waals surface area contributed by atoms with Crippen LogP contribution in [0, 0.1) is 0 Å². The van der Waals surface area contributed by atoms with Gasteiger partial charge >= 0.3 is 0 Å². The van der Waals surface area contributed by atoms with Crippen molar-refractivity contribution in [3.63, 3.8) is 0 Å². The summed E-state index contributed by atoms with van der Waals surface area (Å²) in [6.45, 7) is 2.08. The van der Waals surface area contributed by atoms with Crippen LogP contribution in [-0.4, -0.2) is 23.2 Å². The Morgan fingerprint density at radius 2 is 2.05 bits per heavy atom. The molecule has 20 heavy (non-hydrogen) atoms. The van der Waals surface area contributed by atoms with Crippen molar-refractivity contribution in [2.75, 3.05) is 13.1 Å². The molecule has 0 atom stereocenters. The minimum absolute atomic E-state index is 0.433. The second kappa shape index (κ2) is 5.00. The van der Waals surface area contributed by atoms with Crippen LogP contribution in [0.4, 0.5) is 0 Å². The van der Waals surface area contributed by atoms with Crippen LogP contribution in [0.25, 0.3) is 20.9 Å². The Kier molecular flexibility index (Phi) is 3.01. The zero-order valence-electron chi connectivity index (χ0n) is 11.0. The van der Waals surface area contributed by atoms with E-state index in [4.69, 9.17) is 4.52 Å². The summed E-state index contributed by atoms with van der Waals surface area (Å²) < 4.78 is 6.72. The van der Waals surface area contributed by atoms with Gasteiger partial charge in [-0.25, -0.2) is 0 Å². The summed E-state index contributed by atoms with van der Waals surface area (Å²) in [5.41, 5.74) is 0. The Morgan fingerprint density at radius 1 is 1.20 bits per heavy atom. The van der Waals surface area contributed by atoms with E-state index in [1.807, 2.05) is 6.07 Å². The van der Waals surface area contributed by atoms with Gasteiger partial charge in [0.1, 0.15) is 0 Å². The zero-order valence-corrected chi connectivity index (χ0v) is 11.8. The lowest BCUT2D eigenvalue weighted by molar-refractivity contribution is 0.392. The van der Waals surface area contributed by atoms with Crippen molar-refractivity contribution in [1.29, 1.82) is 0 Å². The third-order valence-electron chi connectivity index (χ3n) is 3.78. The minimum Gasteiger partial charge on any atom is -0.333 e. The molecule has 0 amide bonds. The Morgan fingerprint density at radius 3 is 2.90 bits per heavy atom. The monoisotopic (exact) mass is 285 g/mol. The number of hydrogen-bond acceptors (Lipinski definition) is 5. The van der Waals surface area contributed by atoms with Gasteiger partial charge in [-0.3, -0.25) is 0 Å². The maximum Gasteiger partial charge on any atom is 0.268 e. The van der Waals surface area contributed by atoms with Crippen molar-refractivity contribution in [2.24, 2.45) is 0 Å². The second-order valence-corrected chi connectivity index (χ2v) is 6.21. The Labute approximate surface area is 120 Å². The van der Waals surface area contributed by atoms with E-state index in [0.717, 1.165) is 36.6 Å². The quantitative estimate of drug-likeness (QED) is 0.784. The van der Waals surface area contributed by atoms with Crippen LogP contribution in [0.5, 0.6) is 0 Å². The average Bonchev–Trinajstić information content (AvgIpc) is 3.14. The van der Waals surface area contributed by atoms with Crippen LogP contribution in [0.15, 0.2) is 34.9 Å². The maximum atomic E-state index is 5.46. The van der Waals surface area contributed by atoms with Gasteiger partial charge in [0.25, 0.3) is 5.89 Å². The van der Waals surface area contributed by atoms with E-state index in [-0.39, 0.29) is 0 Å². The van der Waals surface area contributed by atoms with E-state index in [2.05, 4.69) is 39.7 Å². The van der Waals surface area contributed by atoms with Crippen LogP contribution in [0.1, 0.15) is 24.6 Å². The molecule has 102 valence electrons. The van der Waals surface area contributed by atoms with E-state index in [1.54, 1.807) is 11.3 Å². The van der Waals surface area contributed by atoms with E-state index in [9.17, 15) is 0 Å². The summed E-state index contributed by atoms with van der Waals surface area (Å²) in [4.78, 5) is 5.66. The highest BCUT2D eigenvalue weighted by atomic mass is 32.1. The first-order chi connectivity index (χ1) is 9.90. The van der Waals surface area contributed by atoms with Gasteiger partial charge < -0.3 is 9.84 Å². The topological polar surface area (TPSA) is 51.0 Å². The molecule has 1 saturated heterocycles. The standard InChI is InChI=1S/C15H15N3OS/c1-2-4-12-11(3-1)9-13(20-12)15-17-14(18-19-15)10-5-7-16-8-6-10/h1-4,9-10,16H,5-8H2. The van der Waals surface area contributed by atoms with E-state index >= 15 is 0 Å². The lowest BCUT2D eigenvalue weighted by atomic mass is 9.98. The summed E-state index contributed by atoms with van der Waals surface area (Å²) in [6, 6.07) is 10.5. The lowest BCUT2D eigenvalue weighted by Crippen LogP contribution is -2.27. The molecule has 3 aromatic rings. The molecule has 2 aromatic heterocycles. The molecule has 0 unspecified atom stereocenters. The van der Waals surface area contributed by atoms with Gasteiger partial charge in [0.2, 0.25) is 0 Å². The minimum atomic E-state index is 0.433. The van der Waals surface area contributed by atoms with Crippen LogP contribution in [-0.2, 0) is 0 Å². The Hall–Kier alpha value is -1.72. The molecule has 1 aromatic carbocycles. The predicted octanol–water partition coefficient (Wildman–Crippen LogP) is 3.42. The molecule has 1 aliphatic rings. The fourth-order valence-corrected chi connectivity index (χ4v) is 3.65. The van der Waals surface area contributed by atoms with Crippen LogP contribution in [0.2, 0.25) is 0 Å². The number of hydrogen-bond donors (Lipinski definition) is 1. The number of rotatable bonds is 2. The largest absolute Gasteiger partial charge is 0.333 e. The number of nitrogens with one attached hydrogen (secondary N) is 1. The summed E-state index contributed by atoms with van der Waals surface area (Å²) in [5, 5.41) is 8.77. The summed E-state index contributed by atoms with van der Waals surface area (Å²) in [7, 11) is 0. The molecule has 0 aliphatic carbocycles. The van der Waals surface area contributed by atoms with Crippen molar-refractivity contribution >= 4 is 21.4 Å². The van der Waals surface area contributed by atoms with E-state index < -0.39 is 0 Å². The molecule has 4 nitrogen and oxygen atoms in total. The average molecular weight is 285 g/mol. The van der Waals surface area contributed by atoms with Crippen molar-refractivity contribution < 1.29 is 4.52 Å². The molecule has 0 saturated carbocycles. The third-order valence-corrected chi connectivity index (χ3v) is 4.89. The Bertz CT molecular complexity index is 694. The van der Waals surface area contributed by atoms with Gasteiger partial charge in [0.05, 0.1) is 4.88 Å². The number of aromatic nitrogens is 2. The number of benzene rings is 1. The van der Waals surface area contributed by atoms with E-state index in [1.165, 1.54) is 10.1 Å². The molecule has 0 spiro atoms. The molecule has 3 heterocycles. The molecule has 4 rings (SSSR count). The highest BCUT2D eigenvalue weighted by Gasteiger charge is 2.21. The van der Waals surface area contributed by atoms with Gasteiger partial charge in [-0.2, -0.15) is 4.98 Å². The first-order valence-electron chi connectivity index (χ1n) is 6.93. The number of thiophene rings is 1. The fourth-order valence-electron chi connectivity index (χ4n) is 2.67. The fraction of sp³-hybridized carbons (Fsp3) is 0.333. The zero-order chi connectivity index (χ0) is 13.4. The summed E-state index contributed by atoms with van der Waals surface area (Å²) in [5.74, 6) is 1.95. The highest BCUT2D eigenvalue weighted by Crippen LogP contribution is 2.33. The number of piperidine rings is 1. The Balaban J connectivity index is 1.66. The summed E-state index contributed by atoms with van der Waals surface area (Å²) in [6.07, 6.45) is 2.18. The molecule has 1 fully saturated rings. The lowest BCUT2D eigenvalue weighted by Gasteiger charge is -2.18. The van der Waals surface area contributed by atoms with Crippen molar-refractivity contribution in [3.8, 4) is 10.8 Å². The van der Waals surface area contributed by atoms with Crippen LogP contribution in [0.3, 0.4) is 0 Å². The molecular formula is C15H15N3OS. The van der Waals surface area contributed by atoms with Crippen molar-refractivity contribution in [3.05, 3.63) is 36.2 Å². The van der Waals surface area contributed by atoms with Crippen molar-refractivity contribution in [2.45, 2.75) is 18.8 Å². The van der Waals surface area contributed by atoms with Crippen LogP contribution >= 0.6 is 11.3 Å². The maximum absolute atomic E-state index is 5.46. The number of fused-ring (bicyclic) bond motifs is 1. The number of nitrogens with zero attached hydrogens (tertiary/aromatic N) is 2. The first kappa shape index (κ1) is 12.1. The molecular weight excluding hydrogens is 270 g/mol. The van der Waals surface area contributed by atoms with Gasteiger partial charge in [-0.05, 0) is 43.5 Å². The van der Waals surface area contributed by atoms with E-state index in [0.29, 0.717) is 11.8 Å². The summed E-state index contributed by atoms with van der Waals surface area (Å²) >= 11 is 1.70. The molecule has 0 radical (unpaired) electrons. The van der Waals surface area contributed by atoms with Gasteiger partial charge in [0.15, 0.2) is 5.82 Å². The molecule has 1 N–H and O–H groups in total. The first-order valence-corrected chi connectivity index (χ1v) is 7.75. The molecule has 5 heteroatoms. The SMILES string of the molecule is c1ccc2sc(-c3nc(C4CCNCC4)no3)cc2c1. The molecule has 1 aliphatic heterocycles. The highest BCUT2D eigenvalue weighted by molar-refractivity contribution is 7.22. The third kappa shape index (κ3) is 2.13. The van der Waals surface area contributed by atoms with Crippen molar-refractivity contribution in [1.82, 2.24) is 15.5 Å². The molecule has 0 bridgehead atoms. The van der Waals surface area contributed by atoms with Gasteiger partial charge in [0, 0.05) is 10.6 Å². The smallest absolute Gasteiger partial charge is 0.268 e. The normalized spacial score (nSPS) is 16.8. The van der Waals surface area contributed by atoms with Crippen LogP contribution < -0.4 is 5.32 Å². The van der Waals surface area contributed by atoms with Gasteiger partial charge in [-0.1, -0.05) is 23.4 Å².